The summed E-state index contributed by atoms with van der Waals surface area (Å²) in [5.41, 5.74) is 1.38. The van der Waals surface area contributed by atoms with E-state index in [1.807, 2.05) is 0 Å². The van der Waals surface area contributed by atoms with Gasteiger partial charge in [-0.15, -0.1) is 0 Å². The monoisotopic (exact) mass is 327 g/mol. The zero-order chi connectivity index (χ0) is 14.3. The molecule has 2 nitrogen and oxygen atoms in total. The predicted molar refractivity (Wildman–Crippen MR) is 85.7 cm³/mol. The maximum Gasteiger partial charge on any atom is 0.0518 e. The lowest BCUT2D eigenvalue weighted by atomic mass is 9.96. The van der Waals surface area contributed by atoms with Crippen molar-refractivity contribution < 1.29 is 4.74 Å². The van der Waals surface area contributed by atoms with Crippen LogP contribution < -0.4 is 5.32 Å². The van der Waals surface area contributed by atoms with Crippen molar-refractivity contribution in [3.63, 3.8) is 0 Å². The molecule has 1 aromatic carbocycles. The minimum Gasteiger partial charge on any atom is -0.379 e. The van der Waals surface area contributed by atoms with E-state index >= 15 is 0 Å². The Morgan fingerprint density at radius 3 is 2.26 bits per heavy atom. The smallest absolute Gasteiger partial charge is 0.0518 e. The van der Waals surface area contributed by atoms with E-state index in [4.69, 9.17) is 4.74 Å². The van der Waals surface area contributed by atoms with Crippen LogP contribution in [0.3, 0.4) is 0 Å². The third-order valence-corrected chi connectivity index (χ3v) is 3.56. The molecule has 0 aliphatic carbocycles. The van der Waals surface area contributed by atoms with Crippen LogP contribution in [0.25, 0.3) is 0 Å². The van der Waals surface area contributed by atoms with Gasteiger partial charge in [-0.05, 0) is 43.9 Å². The van der Waals surface area contributed by atoms with E-state index < -0.39 is 0 Å². The maximum atomic E-state index is 5.69. The van der Waals surface area contributed by atoms with Gasteiger partial charge in [-0.3, -0.25) is 0 Å². The van der Waals surface area contributed by atoms with Crippen LogP contribution in [0.4, 0.5) is 0 Å². The Morgan fingerprint density at radius 2 is 1.74 bits per heavy atom. The van der Waals surface area contributed by atoms with E-state index in [2.05, 4.69) is 73.2 Å². The number of hydrogen-bond acceptors (Lipinski definition) is 2. The van der Waals surface area contributed by atoms with Crippen LogP contribution in [0.15, 0.2) is 28.7 Å². The molecule has 0 spiro atoms. The molecule has 0 saturated carbocycles. The maximum absolute atomic E-state index is 5.69. The zero-order valence-corrected chi connectivity index (χ0v) is 14.0. The Kier molecular flexibility index (Phi) is 7.66. The van der Waals surface area contributed by atoms with Gasteiger partial charge < -0.3 is 10.1 Å². The lowest BCUT2D eigenvalue weighted by molar-refractivity contribution is 0.0732. The Hall–Kier alpha value is -0.380. The van der Waals surface area contributed by atoms with Gasteiger partial charge in [0.25, 0.3) is 0 Å². The molecule has 3 heteroatoms. The summed E-state index contributed by atoms with van der Waals surface area (Å²) >= 11 is 3.49. The third-order valence-electron chi connectivity index (χ3n) is 3.03. The second-order valence-corrected chi connectivity index (χ2v) is 6.44. The number of halogens is 1. The number of hydrogen-bond donors (Lipinski definition) is 1. The van der Waals surface area contributed by atoms with Gasteiger partial charge in [-0.25, -0.2) is 0 Å². The Labute approximate surface area is 126 Å². The number of benzene rings is 1. The minimum atomic E-state index is 0.309. The summed E-state index contributed by atoms with van der Waals surface area (Å²) in [5, 5.41) is 3.53. The SMILES string of the molecule is CC(C)NCC(CCOC(C)C)c1ccc(Br)cc1. The van der Waals surface area contributed by atoms with E-state index in [1.54, 1.807) is 0 Å². The van der Waals surface area contributed by atoms with Crippen molar-refractivity contribution >= 4 is 15.9 Å². The molecule has 0 fully saturated rings. The van der Waals surface area contributed by atoms with Gasteiger partial charge in [0.05, 0.1) is 6.10 Å². The third kappa shape index (κ3) is 7.09. The van der Waals surface area contributed by atoms with Crippen LogP contribution in [0.1, 0.15) is 45.6 Å². The first-order valence-corrected chi connectivity index (χ1v) is 7.88. The van der Waals surface area contributed by atoms with E-state index in [0.29, 0.717) is 18.1 Å². The average Bonchev–Trinajstić information content (AvgIpc) is 2.34. The average molecular weight is 328 g/mol. The Balaban J connectivity index is 2.59. The summed E-state index contributed by atoms with van der Waals surface area (Å²) in [6, 6.07) is 9.14. The summed E-state index contributed by atoms with van der Waals surface area (Å²) in [6.07, 6.45) is 1.36. The van der Waals surface area contributed by atoms with Gasteiger partial charge in [0, 0.05) is 23.7 Å². The molecule has 1 unspecified atom stereocenters. The van der Waals surface area contributed by atoms with Crippen molar-refractivity contribution in [3.05, 3.63) is 34.3 Å². The molecule has 1 rings (SSSR count). The fraction of sp³-hybridized carbons (Fsp3) is 0.625. The quantitative estimate of drug-likeness (QED) is 0.766. The van der Waals surface area contributed by atoms with Crippen molar-refractivity contribution in [2.24, 2.45) is 0 Å². The molecule has 1 atom stereocenters. The van der Waals surface area contributed by atoms with Gasteiger partial charge in [-0.2, -0.15) is 0 Å². The zero-order valence-electron chi connectivity index (χ0n) is 12.4. The summed E-state index contributed by atoms with van der Waals surface area (Å²) in [7, 11) is 0. The van der Waals surface area contributed by atoms with Crippen LogP contribution >= 0.6 is 15.9 Å². The minimum absolute atomic E-state index is 0.309. The van der Waals surface area contributed by atoms with Gasteiger partial charge in [-0.1, -0.05) is 41.9 Å². The molecule has 1 N–H and O–H groups in total. The van der Waals surface area contributed by atoms with Gasteiger partial charge in [0.2, 0.25) is 0 Å². The molecule has 0 radical (unpaired) electrons. The number of rotatable bonds is 8. The first-order chi connectivity index (χ1) is 8.99. The van der Waals surface area contributed by atoms with Crippen LogP contribution in [0.2, 0.25) is 0 Å². The standard InChI is InChI=1S/C16H26BrNO/c1-12(2)18-11-15(9-10-19-13(3)4)14-5-7-16(17)8-6-14/h5-8,12-13,15,18H,9-11H2,1-4H3. The second-order valence-electron chi connectivity index (χ2n) is 5.52. The largest absolute Gasteiger partial charge is 0.379 e. The van der Waals surface area contributed by atoms with Crippen LogP contribution in [-0.4, -0.2) is 25.3 Å². The fourth-order valence-corrected chi connectivity index (χ4v) is 2.21. The van der Waals surface area contributed by atoms with Crippen molar-refractivity contribution in [2.75, 3.05) is 13.2 Å². The van der Waals surface area contributed by atoms with Crippen molar-refractivity contribution in [3.8, 4) is 0 Å². The highest BCUT2D eigenvalue weighted by Crippen LogP contribution is 2.21. The van der Waals surface area contributed by atoms with E-state index in [0.717, 1.165) is 24.0 Å². The van der Waals surface area contributed by atoms with Crippen molar-refractivity contribution in [1.82, 2.24) is 5.32 Å². The number of nitrogens with one attached hydrogen (secondary N) is 1. The lowest BCUT2D eigenvalue weighted by Crippen LogP contribution is -2.28. The Morgan fingerprint density at radius 1 is 1.11 bits per heavy atom. The number of ether oxygens (including phenoxy) is 1. The highest BCUT2D eigenvalue weighted by atomic mass is 79.9. The van der Waals surface area contributed by atoms with Crippen molar-refractivity contribution in [2.45, 2.75) is 52.2 Å². The summed E-state index contributed by atoms with van der Waals surface area (Å²) in [5.74, 6) is 0.509. The lowest BCUT2D eigenvalue weighted by Gasteiger charge is -2.20. The molecule has 0 bridgehead atoms. The predicted octanol–water partition coefficient (Wildman–Crippen LogP) is 4.35. The van der Waals surface area contributed by atoms with Gasteiger partial charge in [0.15, 0.2) is 0 Å². The molecule has 0 heterocycles. The van der Waals surface area contributed by atoms with Gasteiger partial charge in [0.1, 0.15) is 0 Å². The molecule has 1 aromatic rings. The normalized spacial score (nSPS) is 13.2. The van der Waals surface area contributed by atoms with Crippen LogP contribution in [-0.2, 0) is 4.74 Å². The van der Waals surface area contributed by atoms with E-state index in [1.165, 1.54) is 5.56 Å². The molecule has 19 heavy (non-hydrogen) atoms. The second kappa shape index (κ2) is 8.72. The van der Waals surface area contributed by atoms with E-state index in [9.17, 15) is 0 Å². The molecule has 0 saturated heterocycles. The summed E-state index contributed by atoms with van der Waals surface area (Å²) < 4.78 is 6.82. The first kappa shape index (κ1) is 16.7. The fourth-order valence-electron chi connectivity index (χ4n) is 1.95. The van der Waals surface area contributed by atoms with Crippen LogP contribution in [0.5, 0.6) is 0 Å². The highest BCUT2D eigenvalue weighted by Gasteiger charge is 2.12. The van der Waals surface area contributed by atoms with Crippen molar-refractivity contribution in [1.29, 1.82) is 0 Å². The molecular weight excluding hydrogens is 302 g/mol. The molecule has 108 valence electrons. The van der Waals surface area contributed by atoms with Crippen LogP contribution in [0, 0.1) is 0 Å². The molecule has 0 aliphatic heterocycles. The topological polar surface area (TPSA) is 21.3 Å². The molecule has 0 amide bonds. The summed E-state index contributed by atoms with van der Waals surface area (Å²) in [6.45, 7) is 10.4. The molecule has 0 aromatic heterocycles. The molecular formula is C16H26BrNO. The molecule has 0 aliphatic rings. The Bertz CT molecular complexity index is 348. The van der Waals surface area contributed by atoms with Gasteiger partial charge >= 0.3 is 0 Å². The summed E-state index contributed by atoms with van der Waals surface area (Å²) in [4.78, 5) is 0. The highest BCUT2D eigenvalue weighted by molar-refractivity contribution is 9.10. The van der Waals surface area contributed by atoms with E-state index in [-0.39, 0.29) is 0 Å². The first-order valence-electron chi connectivity index (χ1n) is 7.09.